The molecule has 2 aromatic rings. The molecule has 27 heavy (non-hydrogen) atoms. The Morgan fingerprint density at radius 3 is 2.56 bits per heavy atom. The number of nitrogens with one attached hydrogen (secondary N) is 1. The highest BCUT2D eigenvalue weighted by Crippen LogP contribution is 2.24. The van der Waals surface area contributed by atoms with Crippen LogP contribution in [0.25, 0.3) is 0 Å². The lowest BCUT2D eigenvalue weighted by Gasteiger charge is -2.26. The van der Waals surface area contributed by atoms with Crippen molar-refractivity contribution in [2.75, 3.05) is 43.1 Å². The largest absolute Gasteiger partial charge is 0.573 e. The van der Waals surface area contributed by atoms with E-state index in [1.54, 1.807) is 12.3 Å². The Morgan fingerprint density at radius 2 is 1.89 bits per heavy atom. The van der Waals surface area contributed by atoms with Crippen molar-refractivity contribution in [3.05, 3.63) is 42.1 Å². The number of morpholine rings is 1. The Bertz CT molecular complexity index is 737. The molecule has 0 amide bonds. The summed E-state index contributed by atoms with van der Waals surface area (Å²) in [6, 6.07) is 6.76. The number of anilines is 2. The second-order valence-electron chi connectivity index (χ2n) is 5.85. The van der Waals surface area contributed by atoms with Crippen molar-refractivity contribution >= 4 is 11.8 Å². The van der Waals surface area contributed by atoms with Gasteiger partial charge in [0.05, 0.1) is 19.3 Å². The van der Waals surface area contributed by atoms with E-state index in [0.29, 0.717) is 43.6 Å². The first-order valence-corrected chi connectivity index (χ1v) is 8.34. The van der Waals surface area contributed by atoms with Crippen LogP contribution in [0.3, 0.4) is 0 Å². The molecule has 1 aromatic carbocycles. The van der Waals surface area contributed by atoms with Gasteiger partial charge in [0.25, 0.3) is 0 Å². The third-order valence-corrected chi connectivity index (χ3v) is 3.91. The van der Waals surface area contributed by atoms with Crippen LogP contribution in [0.2, 0.25) is 0 Å². The minimum Gasteiger partial charge on any atom is -0.406 e. The smallest absolute Gasteiger partial charge is 0.406 e. The van der Waals surface area contributed by atoms with Crippen LogP contribution in [0.15, 0.2) is 36.5 Å². The standard InChI is InChI=1S/C17H19F3N4O3/c18-17(19,20)27-13-3-1-12(2-4-13)14(25)11-22-15-5-6-21-16(23-15)24-7-9-26-10-8-24/h1-6,14,25H,7-11H2,(H,21,22,23). The molecule has 1 fully saturated rings. The molecule has 1 aliphatic rings. The lowest BCUT2D eigenvalue weighted by molar-refractivity contribution is -0.274. The molecular weight excluding hydrogens is 365 g/mol. The van der Waals surface area contributed by atoms with Gasteiger partial charge < -0.3 is 24.8 Å². The molecule has 7 nitrogen and oxygen atoms in total. The van der Waals surface area contributed by atoms with Crippen LogP contribution in [0, 0.1) is 0 Å². The molecule has 0 radical (unpaired) electrons. The maximum absolute atomic E-state index is 12.2. The van der Waals surface area contributed by atoms with Gasteiger partial charge in [-0.1, -0.05) is 12.1 Å². The van der Waals surface area contributed by atoms with E-state index in [4.69, 9.17) is 4.74 Å². The molecule has 2 N–H and O–H groups in total. The number of ether oxygens (including phenoxy) is 2. The zero-order valence-corrected chi connectivity index (χ0v) is 14.3. The second-order valence-corrected chi connectivity index (χ2v) is 5.85. The van der Waals surface area contributed by atoms with Gasteiger partial charge in [0.2, 0.25) is 5.95 Å². The van der Waals surface area contributed by atoms with Gasteiger partial charge in [-0.25, -0.2) is 4.98 Å². The maximum Gasteiger partial charge on any atom is 0.573 e. The molecule has 2 heterocycles. The number of aliphatic hydroxyl groups is 1. The molecule has 146 valence electrons. The predicted octanol–water partition coefficient (Wildman–Crippen LogP) is 2.36. The Kier molecular flexibility index (Phi) is 5.97. The van der Waals surface area contributed by atoms with E-state index >= 15 is 0 Å². The van der Waals surface area contributed by atoms with E-state index in [0.717, 1.165) is 12.1 Å². The molecule has 10 heteroatoms. The number of aliphatic hydroxyl groups excluding tert-OH is 1. The maximum atomic E-state index is 12.2. The molecule has 1 aliphatic heterocycles. The quantitative estimate of drug-likeness (QED) is 0.791. The van der Waals surface area contributed by atoms with Crippen LogP contribution < -0.4 is 15.0 Å². The molecular formula is C17H19F3N4O3. The molecule has 1 saturated heterocycles. The number of aromatic nitrogens is 2. The highest BCUT2D eigenvalue weighted by atomic mass is 19.4. The van der Waals surface area contributed by atoms with Crippen LogP contribution in [0.5, 0.6) is 5.75 Å². The van der Waals surface area contributed by atoms with E-state index in [1.165, 1.54) is 12.1 Å². The fraction of sp³-hybridized carbons (Fsp3) is 0.412. The Labute approximate surface area is 153 Å². The third kappa shape index (κ3) is 5.69. The summed E-state index contributed by atoms with van der Waals surface area (Å²) in [7, 11) is 0. The summed E-state index contributed by atoms with van der Waals surface area (Å²) in [5.74, 6) is 0.784. The Morgan fingerprint density at radius 1 is 1.19 bits per heavy atom. The van der Waals surface area contributed by atoms with E-state index in [1.807, 2.05) is 4.90 Å². The number of rotatable bonds is 6. The summed E-state index contributed by atoms with van der Waals surface area (Å²) < 4.78 is 45.6. The van der Waals surface area contributed by atoms with Crippen molar-refractivity contribution < 1.29 is 27.8 Å². The van der Waals surface area contributed by atoms with Crippen LogP contribution in [0.4, 0.5) is 24.9 Å². The van der Waals surface area contributed by atoms with Crippen molar-refractivity contribution in [1.29, 1.82) is 0 Å². The number of hydrogen-bond donors (Lipinski definition) is 2. The fourth-order valence-electron chi connectivity index (χ4n) is 2.57. The molecule has 0 aliphatic carbocycles. The highest BCUT2D eigenvalue weighted by Gasteiger charge is 2.31. The summed E-state index contributed by atoms with van der Waals surface area (Å²) in [6.07, 6.45) is -4.05. The van der Waals surface area contributed by atoms with Crippen LogP contribution in [0.1, 0.15) is 11.7 Å². The molecule has 1 unspecified atom stereocenters. The number of nitrogens with zero attached hydrogens (tertiary/aromatic N) is 3. The first-order valence-electron chi connectivity index (χ1n) is 8.34. The van der Waals surface area contributed by atoms with Gasteiger partial charge in [-0.05, 0) is 23.8 Å². The average molecular weight is 384 g/mol. The normalized spacial score (nSPS) is 16.1. The van der Waals surface area contributed by atoms with Gasteiger partial charge >= 0.3 is 6.36 Å². The van der Waals surface area contributed by atoms with E-state index in [2.05, 4.69) is 20.0 Å². The monoisotopic (exact) mass is 384 g/mol. The van der Waals surface area contributed by atoms with Gasteiger partial charge in [0.15, 0.2) is 0 Å². The minimum atomic E-state index is -4.74. The van der Waals surface area contributed by atoms with Gasteiger partial charge in [-0.2, -0.15) is 4.98 Å². The van der Waals surface area contributed by atoms with Gasteiger partial charge in [0.1, 0.15) is 11.6 Å². The molecule has 0 saturated carbocycles. The lowest BCUT2D eigenvalue weighted by atomic mass is 10.1. The highest BCUT2D eigenvalue weighted by molar-refractivity contribution is 5.42. The molecule has 1 atom stereocenters. The predicted molar refractivity (Wildman–Crippen MR) is 91.6 cm³/mol. The van der Waals surface area contributed by atoms with Gasteiger partial charge in [-0.15, -0.1) is 13.2 Å². The summed E-state index contributed by atoms with van der Waals surface area (Å²) in [4.78, 5) is 10.7. The van der Waals surface area contributed by atoms with E-state index in [-0.39, 0.29) is 12.3 Å². The van der Waals surface area contributed by atoms with Crippen molar-refractivity contribution in [2.45, 2.75) is 12.5 Å². The van der Waals surface area contributed by atoms with Crippen LogP contribution in [-0.4, -0.2) is 54.3 Å². The van der Waals surface area contributed by atoms with E-state index < -0.39 is 12.5 Å². The number of hydrogen-bond acceptors (Lipinski definition) is 7. The van der Waals surface area contributed by atoms with Crippen molar-refractivity contribution in [2.24, 2.45) is 0 Å². The first kappa shape index (κ1) is 19.2. The zero-order chi connectivity index (χ0) is 19.3. The lowest BCUT2D eigenvalue weighted by Crippen LogP contribution is -2.37. The number of alkyl halides is 3. The average Bonchev–Trinajstić information content (AvgIpc) is 2.66. The SMILES string of the molecule is OC(CNc1ccnc(N2CCOCC2)n1)c1ccc(OC(F)(F)F)cc1. The van der Waals surface area contributed by atoms with Crippen molar-refractivity contribution in [3.8, 4) is 5.75 Å². The van der Waals surface area contributed by atoms with Crippen LogP contribution in [-0.2, 0) is 4.74 Å². The minimum absolute atomic E-state index is 0.138. The fourth-order valence-corrected chi connectivity index (χ4v) is 2.57. The van der Waals surface area contributed by atoms with Crippen molar-refractivity contribution in [1.82, 2.24) is 9.97 Å². The second kappa shape index (κ2) is 8.40. The van der Waals surface area contributed by atoms with E-state index in [9.17, 15) is 18.3 Å². The molecule has 1 aromatic heterocycles. The summed E-state index contributed by atoms with van der Waals surface area (Å²) in [6.45, 7) is 2.79. The van der Waals surface area contributed by atoms with Crippen molar-refractivity contribution in [3.63, 3.8) is 0 Å². The summed E-state index contributed by atoms with van der Waals surface area (Å²) in [5, 5.41) is 13.2. The summed E-state index contributed by atoms with van der Waals surface area (Å²) in [5.41, 5.74) is 0.458. The molecule has 0 bridgehead atoms. The number of halogens is 3. The van der Waals surface area contributed by atoms with Crippen LogP contribution >= 0.6 is 0 Å². The van der Waals surface area contributed by atoms with Gasteiger partial charge in [0, 0.05) is 25.8 Å². The third-order valence-electron chi connectivity index (χ3n) is 3.91. The topological polar surface area (TPSA) is 79.7 Å². The zero-order valence-electron chi connectivity index (χ0n) is 14.3. The Hall–Kier alpha value is -2.59. The Balaban J connectivity index is 1.56. The first-order chi connectivity index (χ1) is 12.9. The molecule has 0 spiro atoms. The number of benzene rings is 1. The van der Waals surface area contributed by atoms with Gasteiger partial charge in [-0.3, -0.25) is 0 Å². The summed E-state index contributed by atoms with van der Waals surface area (Å²) >= 11 is 0. The molecule has 3 rings (SSSR count).